The Kier molecular flexibility index (Phi) is 5.59. The SMILES string of the molecule is Cc1ccc(NC(=O)c2cnc3c(cnn3C3CCCC3)c2)c(OCC2CCCO2)c1. The van der Waals surface area contributed by atoms with Gasteiger partial charge in [-0.1, -0.05) is 18.9 Å². The van der Waals surface area contributed by atoms with E-state index in [1.54, 1.807) is 12.4 Å². The second kappa shape index (κ2) is 8.67. The molecule has 0 radical (unpaired) electrons. The van der Waals surface area contributed by atoms with Crippen molar-refractivity contribution in [3.05, 3.63) is 47.8 Å². The summed E-state index contributed by atoms with van der Waals surface area (Å²) in [6, 6.07) is 8.05. The first kappa shape index (κ1) is 20.0. The zero-order chi connectivity index (χ0) is 21.2. The number of hydrogen-bond donors (Lipinski definition) is 1. The van der Waals surface area contributed by atoms with Gasteiger partial charge >= 0.3 is 0 Å². The maximum atomic E-state index is 13.0. The number of aromatic nitrogens is 3. The highest BCUT2D eigenvalue weighted by molar-refractivity contribution is 6.06. The third kappa shape index (κ3) is 4.28. The van der Waals surface area contributed by atoms with Crippen molar-refractivity contribution >= 4 is 22.6 Å². The molecule has 1 saturated heterocycles. The number of rotatable bonds is 6. The minimum atomic E-state index is -0.214. The Morgan fingerprint density at radius 1 is 1.19 bits per heavy atom. The van der Waals surface area contributed by atoms with Crippen LogP contribution in [0.4, 0.5) is 5.69 Å². The highest BCUT2D eigenvalue weighted by Crippen LogP contribution is 2.31. The number of fused-ring (bicyclic) bond motifs is 1. The molecule has 0 bridgehead atoms. The minimum Gasteiger partial charge on any atom is -0.489 e. The highest BCUT2D eigenvalue weighted by atomic mass is 16.5. The second-order valence-corrected chi connectivity index (χ2v) is 8.56. The quantitative estimate of drug-likeness (QED) is 0.627. The van der Waals surface area contributed by atoms with Gasteiger partial charge in [-0.15, -0.1) is 0 Å². The van der Waals surface area contributed by atoms with Crippen LogP contribution in [0.3, 0.4) is 0 Å². The molecule has 2 aliphatic rings. The number of pyridine rings is 1. The summed E-state index contributed by atoms with van der Waals surface area (Å²) >= 11 is 0. The Labute approximate surface area is 181 Å². The molecule has 1 amide bonds. The number of anilines is 1. The molecule has 2 fully saturated rings. The standard InChI is InChI=1S/C24H28N4O3/c1-16-8-9-21(22(11-16)31-15-20-7-4-10-30-20)27-24(29)18-12-17-14-26-28(23(17)25-13-18)19-5-2-3-6-19/h8-9,11-14,19-20H,2-7,10,15H2,1H3,(H,27,29). The number of carbonyl (C=O) groups is 1. The first-order valence-electron chi connectivity index (χ1n) is 11.2. The summed E-state index contributed by atoms with van der Waals surface area (Å²) in [4.78, 5) is 17.5. The van der Waals surface area contributed by atoms with Gasteiger partial charge in [0, 0.05) is 18.2 Å². The van der Waals surface area contributed by atoms with Crippen molar-refractivity contribution in [1.82, 2.24) is 14.8 Å². The summed E-state index contributed by atoms with van der Waals surface area (Å²) in [6.07, 6.45) is 10.4. The third-order valence-corrected chi connectivity index (χ3v) is 6.20. The molecule has 1 aliphatic carbocycles. The van der Waals surface area contributed by atoms with Gasteiger partial charge in [0.1, 0.15) is 12.4 Å². The van der Waals surface area contributed by atoms with E-state index in [-0.39, 0.29) is 12.0 Å². The van der Waals surface area contributed by atoms with E-state index in [1.165, 1.54) is 12.8 Å². The molecule has 7 heteroatoms. The van der Waals surface area contributed by atoms with Crippen LogP contribution >= 0.6 is 0 Å². The van der Waals surface area contributed by atoms with Crippen LogP contribution in [-0.4, -0.2) is 40.0 Å². The largest absolute Gasteiger partial charge is 0.489 e. The summed E-state index contributed by atoms with van der Waals surface area (Å²) in [5.74, 6) is 0.445. The molecule has 0 spiro atoms. The minimum absolute atomic E-state index is 0.118. The van der Waals surface area contributed by atoms with E-state index in [9.17, 15) is 4.79 Å². The lowest BCUT2D eigenvalue weighted by Crippen LogP contribution is -2.18. The molecule has 1 aliphatic heterocycles. The Morgan fingerprint density at radius 2 is 2.06 bits per heavy atom. The third-order valence-electron chi connectivity index (χ3n) is 6.20. The Balaban J connectivity index is 1.33. The van der Waals surface area contributed by atoms with Crippen LogP contribution in [0, 0.1) is 6.92 Å². The van der Waals surface area contributed by atoms with E-state index in [0.29, 0.717) is 29.6 Å². The van der Waals surface area contributed by atoms with Crippen molar-refractivity contribution in [3.8, 4) is 5.75 Å². The fourth-order valence-corrected chi connectivity index (χ4v) is 4.49. The molecule has 162 valence electrons. The second-order valence-electron chi connectivity index (χ2n) is 8.56. The molecule has 1 N–H and O–H groups in total. The predicted molar refractivity (Wildman–Crippen MR) is 119 cm³/mol. The fraction of sp³-hybridized carbons (Fsp3) is 0.458. The van der Waals surface area contributed by atoms with Crippen LogP contribution in [0.15, 0.2) is 36.7 Å². The zero-order valence-corrected chi connectivity index (χ0v) is 17.8. The van der Waals surface area contributed by atoms with Gasteiger partial charge in [-0.2, -0.15) is 5.10 Å². The van der Waals surface area contributed by atoms with Crippen molar-refractivity contribution in [2.75, 3.05) is 18.5 Å². The van der Waals surface area contributed by atoms with E-state index >= 15 is 0 Å². The molecule has 3 aromatic rings. The first-order valence-corrected chi connectivity index (χ1v) is 11.2. The van der Waals surface area contributed by atoms with Gasteiger partial charge in [-0.25, -0.2) is 9.67 Å². The number of benzene rings is 1. The van der Waals surface area contributed by atoms with E-state index in [2.05, 4.69) is 15.4 Å². The summed E-state index contributed by atoms with van der Waals surface area (Å²) in [5.41, 5.74) is 3.07. The molecular formula is C24H28N4O3. The van der Waals surface area contributed by atoms with Crippen molar-refractivity contribution in [2.24, 2.45) is 0 Å². The van der Waals surface area contributed by atoms with Gasteiger partial charge in [0.2, 0.25) is 0 Å². The maximum Gasteiger partial charge on any atom is 0.257 e. The van der Waals surface area contributed by atoms with Gasteiger partial charge in [-0.3, -0.25) is 4.79 Å². The van der Waals surface area contributed by atoms with E-state index in [1.807, 2.05) is 35.9 Å². The van der Waals surface area contributed by atoms with Crippen LogP contribution < -0.4 is 10.1 Å². The maximum absolute atomic E-state index is 13.0. The van der Waals surface area contributed by atoms with E-state index in [4.69, 9.17) is 9.47 Å². The summed E-state index contributed by atoms with van der Waals surface area (Å²) in [6.45, 7) is 3.28. The molecule has 5 rings (SSSR count). The predicted octanol–water partition coefficient (Wildman–Crippen LogP) is 4.66. The molecule has 1 unspecified atom stereocenters. The molecule has 1 aromatic carbocycles. The van der Waals surface area contributed by atoms with Gasteiger partial charge in [0.15, 0.2) is 5.65 Å². The van der Waals surface area contributed by atoms with Crippen molar-refractivity contribution in [2.45, 2.75) is 57.6 Å². The molecule has 1 saturated carbocycles. The Hall–Kier alpha value is -2.93. The van der Waals surface area contributed by atoms with Crippen LogP contribution in [0.25, 0.3) is 11.0 Å². The zero-order valence-electron chi connectivity index (χ0n) is 17.8. The van der Waals surface area contributed by atoms with Gasteiger partial charge in [0.05, 0.1) is 29.6 Å². The number of aryl methyl sites for hydroxylation is 1. The molecule has 7 nitrogen and oxygen atoms in total. The lowest BCUT2D eigenvalue weighted by Gasteiger charge is -2.16. The summed E-state index contributed by atoms with van der Waals surface area (Å²) in [5, 5.41) is 8.41. The number of nitrogens with one attached hydrogen (secondary N) is 1. The van der Waals surface area contributed by atoms with Crippen LogP contribution in [-0.2, 0) is 4.74 Å². The highest BCUT2D eigenvalue weighted by Gasteiger charge is 2.21. The Bertz CT molecular complexity index is 1080. The average molecular weight is 421 g/mol. The van der Waals surface area contributed by atoms with Crippen LogP contribution in [0.2, 0.25) is 0 Å². The van der Waals surface area contributed by atoms with Gasteiger partial charge in [-0.05, 0) is 56.4 Å². The van der Waals surface area contributed by atoms with Crippen molar-refractivity contribution in [3.63, 3.8) is 0 Å². The monoisotopic (exact) mass is 420 g/mol. The van der Waals surface area contributed by atoms with E-state index < -0.39 is 0 Å². The lowest BCUT2D eigenvalue weighted by molar-refractivity contribution is 0.0681. The van der Waals surface area contributed by atoms with Crippen LogP contribution in [0.5, 0.6) is 5.75 Å². The van der Waals surface area contributed by atoms with Crippen molar-refractivity contribution in [1.29, 1.82) is 0 Å². The van der Waals surface area contributed by atoms with E-state index in [0.717, 1.165) is 48.9 Å². The molecule has 31 heavy (non-hydrogen) atoms. The topological polar surface area (TPSA) is 78.3 Å². The normalized spacial score (nSPS) is 19.2. The smallest absolute Gasteiger partial charge is 0.257 e. The van der Waals surface area contributed by atoms with Gasteiger partial charge < -0.3 is 14.8 Å². The molecule has 2 aromatic heterocycles. The first-order chi connectivity index (χ1) is 15.2. The van der Waals surface area contributed by atoms with Crippen LogP contribution in [0.1, 0.15) is 60.5 Å². The number of ether oxygens (including phenoxy) is 2. The fourth-order valence-electron chi connectivity index (χ4n) is 4.49. The Morgan fingerprint density at radius 3 is 2.87 bits per heavy atom. The molecule has 1 atom stereocenters. The summed E-state index contributed by atoms with van der Waals surface area (Å²) < 4.78 is 13.7. The summed E-state index contributed by atoms with van der Waals surface area (Å²) in [7, 11) is 0. The lowest BCUT2D eigenvalue weighted by atomic mass is 10.2. The average Bonchev–Trinajstić information content (AvgIpc) is 3.54. The molecular weight excluding hydrogens is 392 g/mol. The molecule has 3 heterocycles. The van der Waals surface area contributed by atoms with Crippen molar-refractivity contribution < 1.29 is 14.3 Å². The number of hydrogen-bond acceptors (Lipinski definition) is 5. The number of amides is 1. The number of nitrogens with zero attached hydrogens (tertiary/aromatic N) is 3. The number of carbonyl (C=O) groups excluding carboxylic acids is 1. The van der Waals surface area contributed by atoms with Gasteiger partial charge in [0.25, 0.3) is 5.91 Å².